The number of ether oxygens (including phenoxy) is 2. The van der Waals surface area contributed by atoms with Crippen molar-refractivity contribution in [3.05, 3.63) is 75.9 Å². The summed E-state index contributed by atoms with van der Waals surface area (Å²) in [6.45, 7) is 0.571. The van der Waals surface area contributed by atoms with E-state index in [4.69, 9.17) is 14.6 Å². The first-order valence-corrected chi connectivity index (χ1v) is 10.1. The first-order chi connectivity index (χ1) is 13.8. The van der Waals surface area contributed by atoms with Gasteiger partial charge in [-0.05, 0) is 59.1 Å². The van der Waals surface area contributed by atoms with E-state index < -0.39 is 6.16 Å². The first-order valence-electron chi connectivity index (χ1n) is 10.1. The zero-order valence-electron chi connectivity index (χ0n) is 16.0. The fourth-order valence-electron chi connectivity index (χ4n) is 4.23. The van der Waals surface area contributed by atoms with Gasteiger partial charge < -0.3 is 14.6 Å². The molecule has 0 bridgehead atoms. The molecular formula is C24H26O4. The van der Waals surface area contributed by atoms with Crippen molar-refractivity contribution >= 4 is 12.2 Å². The number of aryl methyl sites for hydroxylation is 1. The molecule has 146 valence electrons. The molecule has 1 atom stereocenters. The normalized spacial score (nSPS) is 18.2. The predicted octanol–water partition coefficient (Wildman–Crippen LogP) is 4.63. The van der Waals surface area contributed by atoms with Gasteiger partial charge in [-0.25, -0.2) is 4.79 Å². The van der Waals surface area contributed by atoms with E-state index in [1.807, 2.05) is 0 Å². The number of rotatable bonds is 8. The SMILES string of the molecule is O=C(OCCCO)OCCCCc1ccc2c3c1C=CC1=CC=CC(=CC2)C13. The lowest BCUT2D eigenvalue weighted by atomic mass is 9.70. The summed E-state index contributed by atoms with van der Waals surface area (Å²) in [5.74, 6) is 0.394. The Morgan fingerprint density at radius 3 is 2.75 bits per heavy atom. The fraction of sp³-hybridized carbons (Fsp3) is 0.375. The maximum Gasteiger partial charge on any atom is 0.508 e. The number of allylic oxidation sites excluding steroid dienone is 7. The van der Waals surface area contributed by atoms with Crippen LogP contribution in [0.5, 0.6) is 0 Å². The molecule has 28 heavy (non-hydrogen) atoms. The van der Waals surface area contributed by atoms with Crippen molar-refractivity contribution in [2.75, 3.05) is 19.8 Å². The number of carbonyl (C=O) groups is 1. The molecule has 1 unspecified atom stereocenters. The molecule has 1 aromatic rings. The first kappa shape index (κ1) is 18.8. The van der Waals surface area contributed by atoms with Crippen molar-refractivity contribution in [3.8, 4) is 0 Å². The van der Waals surface area contributed by atoms with Crippen LogP contribution in [-0.4, -0.2) is 31.1 Å². The summed E-state index contributed by atoms with van der Waals surface area (Å²) in [5.41, 5.74) is 8.47. The van der Waals surface area contributed by atoms with Crippen molar-refractivity contribution in [3.63, 3.8) is 0 Å². The topological polar surface area (TPSA) is 55.8 Å². The highest BCUT2D eigenvalue weighted by Gasteiger charge is 2.30. The Morgan fingerprint density at radius 1 is 1.04 bits per heavy atom. The molecule has 0 saturated heterocycles. The number of hydrogen-bond donors (Lipinski definition) is 1. The predicted molar refractivity (Wildman–Crippen MR) is 109 cm³/mol. The van der Waals surface area contributed by atoms with Crippen LogP contribution in [0.3, 0.4) is 0 Å². The quantitative estimate of drug-likeness (QED) is 0.529. The molecular weight excluding hydrogens is 352 g/mol. The molecule has 0 radical (unpaired) electrons. The van der Waals surface area contributed by atoms with E-state index >= 15 is 0 Å². The summed E-state index contributed by atoms with van der Waals surface area (Å²) in [6, 6.07) is 4.54. The summed E-state index contributed by atoms with van der Waals surface area (Å²) in [4.78, 5) is 11.4. The van der Waals surface area contributed by atoms with Gasteiger partial charge in [0.25, 0.3) is 0 Å². The van der Waals surface area contributed by atoms with Crippen molar-refractivity contribution in [2.24, 2.45) is 0 Å². The van der Waals surface area contributed by atoms with Gasteiger partial charge >= 0.3 is 6.16 Å². The Kier molecular flexibility index (Phi) is 5.77. The maximum atomic E-state index is 11.4. The summed E-state index contributed by atoms with van der Waals surface area (Å²) < 4.78 is 9.93. The van der Waals surface area contributed by atoms with Crippen LogP contribution in [0, 0.1) is 0 Å². The molecule has 4 nitrogen and oxygen atoms in total. The zero-order chi connectivity index (χ0) is 19.3. The highest BCUT2D eigenvalue weighted by Crippen LogP contribution is 2.46. The molecule has 0 heterocycles. The minimum Gasteiger partial charge on any atom is -0.434 e. The van der Waals surface area contributed by atoms with E-state index in [1.54, 1.807) is 0 Å². The van der Waals surface area contributed by atoms with Crippen LogP contribution < -0.4 is 0 Å². The van der Waals surface area contributed by atoms with Crippen LogP contribution >= 0.6 is 0 Å². The highest BCUT2D eigenvalue weighted by atomic mass is 16.7. The van der Waals surface area contributed by atoms with Crippen LogP contribution in [0.25, 0.3) is 6.08 Å². The third kappa shape index (κ3) is 3.83. The molecule has 1 aromatic carbocycles. The third-order valence-electron chi connectivity index (χ3n) is 5.58. The average Bonchev–Trinajstić information content (AvgIpc) is 2.72. The van der Waals surface area contributed by atoms with Gasteiger partial charge in [-0.15, -0.1) is 0 Å². The Bertz CT molecular complexity index is 873. The number of carbonyl (C=O) groups excluding carboxylic acids is 1. The summed E-state index contributed by atoms with van der Waals surface area (Å²) in [6.07, 6.45) is 17.0. The lowest BCUT2D eigenvalue weighted by Gasteiger charge is -2.34. The van der Waals surface area contributed by atoms with E-state index in [-0.39, 0.29) is 13.2 Å². The summed E-state index contributed by atoms with van der Waals surface area (Å²) in [5, 5.41) is 8.67. The Morgan fingerprint density at radius 2 is 1.89 bits per heavy atom. The van der Waals surface area contributed by atoms with E-state index in [2.05, 4.69) is 48.6 Å². The Hall–Kier alpha value is -2.59. The fourth-order valence-corrected chi connectivity index (χ4v) is 4.23. The maximum absolute atomic E-state index is 11.4. The van der Waals surface area contributed by atoms with Crippen molar-refractivity contribution < 1.29 is 19.4 Å². The van der Waals surface area contributed by atoms with Gasteiger partial charge in [-0.3, -0.25) is 0 Å². The molecule has 4 heteroatoms. The summed E-state index contributed by atoms with van der Waals surface area (Å²) >= 11 is 0. The monoisotopic (exact) mass is 378 g/mol. The molecule has 0 saturated carbocycles. The van der Waals surface area contributed by atoms with E-state index in [9.17, 15) is 4.79 Å². The van der Waals surface area contributed by atoms with Gasteiger partial charge in [-0.1, -0.05) is 48.6 Å². The van der Waals surface area contributed by atoms with Crippen LogP contribution in [0.4, 0.5) is 4.79 Å². The highest BCUT2D eigenvalue weighted by molar-refractivity contribution is 5.73. The molecule has 0 fully saturated rings. The van der Waals surface area contributed by atoms with Gasteiger partial charge in [-0.2, -0.15) is 0 Å². The van der Waals surface area contributed by atoms with E-state index in [1.165, 1.54) is 33.4 Å². The zero-order valence-corrected chi connectivity index (χ0v) is 16.0. The number of aliphatic hydroxyl groups excluding tert-OH is 1. The van der Waals surface area contributed by atoms with Gasteiger partial charge in [0.1, 0.15) is 0 Å². The minimum atomic E-state index is -0.649. The number of unbranched alkanes of at least 4 members (excludes halogenated alkanes) is 1. The Balaban J connectivity index is 1.35. The van der Waals surface area contributed by atoms with Crippen LogP contribution in [0.15, 0.2) is 53.7 Å². The summed E-state index contributed by atoms with van der Waals surface area (Å²) in [7, 11) is 0. The standard InChI is InChI=1S/C24H26O4/c25-14-4-16-28-24(26)27-15-2-1-5-17-8-9-20-11-10-18-6-3-7-19-12-13-21(17)23(20)22(18)19/h3,6-10,12-13,22,25H,1-2,4-5,11,14-16H2. The van der Waals surface area contributed by atoms with Gasteiger partial charge in [0.2, 0.25) is 0 Å². The second-order valence-corrected chi connectivity index (χ2v) is 7.39. The van der Waals surface area contributed by atoms with Crippen LogP contribution in [0.1, 0.15) is 47.4 Å². The number of benzene rings is 1. The Labute approximate surface area is 165 Å². The molecule has 3 aliphatic carbocycles. The average molecular weight is 378 g/mol. The van der Waals surface area contributed by atoms with Crippen molar-refractivity contribution in [2.45, 2.75) is 38.0 Å². The molecule has 3 aliphatic rings. The molecule has 0 amide bonds. The third-order valence-corrected chi connectivity index (χ3v) is 5.58. The second-order valence-electron chi connectivity index (χ2n) is 7.39. The van der Waals surface area contributed by atoms with Crippen molar-refractivity contribution in [1.82, 2.24) is 0 Å². The molecule has 1 N–H and O–H groups in total. The van der Waals surface area contributed by atoms with Gasteiger partial charge in [0.05, 0.1) is 13.2 Å². The lowest BCUT2D eigenvalue weighted by Crippen LogP contribution is -2.18. The van der Waals surface area contributed by atoms with Crippen LogP contribution in [0.2, 0.25) is 0 Å². The number of aliphatic hydroxyl groups is 1. The largest absolute Gasteiger partial charge is 0.508 e. The molecule has 0 aliphatic heterocycles. The molecule has 0 aromatic heterocycles. The smallest absolute Gasteiger partial charge is 0.434 e. The van der Waals surface area contributed by atoms with Gasteiger partial charge in [0, 0.05) is 18.9 Å². The second kappa shape index (κ2) is 8.61. The molecule has 0 spiro atoms. The van der Waals surface area contributed by atoms with E-state index in [0.29, 0.717) is 18.9 Å². The van der Waals surface area contributed by atoms with Gasteiger partial charge in [0.15, 0.2) is 0 Å². The van der Waals surface area contributed by atoms with E-state index in [0.717, 1.165) is 25.7 Å². The number of hydrogen-bond acceptors (Lipinski definition) is 4. The van der Waals surface area contributed by atoms with Crippen molar-refractivity contribution in [1.29, 1.82) is 0 Å². The minimum absolute atomic E-state index is 0.0105. The molecule has 4 rings (SSSR count). The van der Waals surface area contributed by atoms with Crippen LogP contribution in [-0.2, 0) is 22.3 Å². The lowest BCUT2D eigenvalue weighted by molar-refractivity contribution is 0.0503.